The van der Waals surface area contributed by atoms with Crippen LogP contribution in [0.1, 0.15) is 32.3 Å². The minimum atomic E-state index is -0.825. The van der Waals surface area contributed by atoms with Crippen LogP contribution in [0.3, 0.4) is 0 Å². The van der Waals surface area contributed by atoms with Crippen molar-refractivity contribution >= 4 is 5.97 Å². The van der Waals surface area contributed by atoms with Gasteiger partial charge in [-0.15, -0.1) is 0 Å². The second-order valence-corrected chi connectivity index (χ2v) is 5.74. The first-order chi connectivity index (χ1) is 9.43. The van der Waals surface area contributed by atoms with Crippen LogP contribution in [0, 0.1) is 11.3 Å². The van der Waals surface area contributed by atoms with Gasteiger partial charge in [0, 0.05) is 6.54 Å². The number of aryl methyl sites for hydroxylation is 1. The summed E-state index contributed by atoms with van der Waals surface area (Å²) in [7, 11) is 1.63. The topological polar surface area (TPSA) is 72.5 Å². The third-order valence-electron chi connectivity index (χ3n) is 3.69. The maximum absolute atomic E-state index is 11.6. The minimum absolute atomic E-state index is 0.177. The van der Waals surface area contributed by atoms with Crippen LogP contribution in [0.15, 0.2) is 24.3 Å². The second-order valence-electron chi connectivity index (χ2n) is 5.74. The monoisotopic (exact) mass is 279 g/mol. The number of benzene rings is 1. The van der Waals surface area contributed by atoms with E-state index in [9.17, 15) is 9.90 Å². The Bertz CT molecular complexity index is 428. The first-order valence-electron chi connectivity index (χ1n) is 7.00. The van der Waals surface area contributed by atoms with Gasteiger partial charge < -0.3 is 15.6 Å². The highest BCUT2D eigenvalue weighted by Crippen LogP contribution is 2.31. The van der Waals surface area contributed by atoms with Crippen molar-refractivity contribution in [2.24, 2.45) is 17.1 Å². The van der Waals surface area contributed by atoms with Gasteiger partial charge in [0.25, 0.3) is 0 Å². The number of carboxylic acids is 1. The first-order valence-corrected chi connectivity index (χ1v) is 7.00. The molecule has 1 unspecified atom stereocenters. The van der Waals surface area contributed by atoms with E-state index in [-0.39, 0.29) is 6.54 Å². The van der Waals surface area contributed by atoms with Crippen LogP contribution in [-0.4, -0.2) is 24.7 Å². The van der Waals surface area contributed by atoms with Gasteiger partial charge in [-0.25, -0.2) is 0 Å². The number of methoxy groups -OCH3 is 1. The van der Waals surface area contributed by atoms with Gasteiger partial charge in [-0.05, 0) is 42.9 Å². The largest absolute Gasteiger partial charge is 0.497 e. The molecule has 1 atom stereocenters. The molecule has 3 N–H and O–H groups in total. The molecule has 0 heterocycles. The SMILES string of the molecule is COc1ccc(CCC(CN)(CC(C)C)C(=O)O)cc1. The minimum Gasteiger partial charge on any atom is -0.497 e. The number of ether oxygens (including phenoxy) is 1. The van der Waals surface area contributed by atoms with Gasteiger partial charge in [0.1, 0.15) is 5.75 Å². The molecule has 112 valence electrons. The van der Waals surface area contributed by atoms with Crippen LogP contribution < -0.4 is 10.5 Å². The predicted octanol–water partition coefficient (Wildman–Crippen LogP) is 2.70. The molecule has 4 nitrogen and oxygen atoms in total. The van der Waals surface area contributed by atoms with Crippen molar-refractivity contribution in [3.8, 4) is 5.75 Å². The van der Waals surface area contributed by atoms with Crippen molar-refractivity contribution in [3.05, 3.63) is 29.8 Å². The van der Waals surface area contributed by atoms with Gasteiger partial charge in [0.05, 0.1) is 12.5 Å². The van der Waals surface area contributed by atoms with Crippen molar-refractivity contribution in [2.45, 2.75) is 33.1 Å². The lowest BCUT2D eigenvalue weighted by Crippen LogP contribution is -2.40. The summed E-state index contributed by atoms with van der Waals surface area (Å²) in [6.45, 7) is 4.23. The number of carboxylic acid groups (broad SMARTS) is 1. The number of hydrogen-bond donors (Lipinski definition) is 2. The molecule has 0 aliphatic heterocycles. The molecule has 0 aliphatic rings. The molecule has 1 aromatic carbocycles. The molecule has 0 bridgehead atoms. The van der Waals surface area contributed by atoms with Crippen molar-refractivity contribution in [1.29, 1.82) is 0 Å². The molecule has 20 heavy (non-hydrogen) atoms. The highest BCUT2D eigenvalue weighted by molar-refractivity contribution is 5.75. The molecule has 0 saturated heterocycles. The standard InChI is InChI=1S/C16H25NO3/c1-12(2)10-16(11-17,15(18)19)9-8-13-4-6-14(20-3)7-5-13/h4-7,12H,8-11,17H2,1-3H3,(H,18,19). The van der Waals surface area contributed by atoms with Crippen LogP contribution in [0.4, 0.5) is 0 Å². The molecule has 4 heteroatoms. The fourth-order valence-corrected chi connectivity index (χ4v) is 2.53. The molecule has 0 amide bonds. The van der Waals surface area contributed by atoms with Crippen molar-refractivity contribution < 1.29 is 14.6 Å². The number of nitrogens with two attached hydrogens (primary N) is 1. The zero-order chi connectivity index (χ0) is 15.2. The molecule has 0 fully saturated rings. The van der Waals surface area contributed by atoms with Crippen LogP contribution in [0.25, 0.3) is 0 Å². The molecular weight excluding hydrogens is 254 g/mol. The van der Waals surface area contributed by atoms with Crippen molar-refractivity contribution in [3.63, 3.8) is 0 Å². The van der Waals surface area contributed by atoms with Crippen LogP contribution in [0.5, 0.6) is 5.75 Å². The zero-order valence-electron chi connectivity index (χ0n) is 12.6. The highest BCUT2D eigenvalue weighted by Gasteiger charge is 2.37. The predicted molar refractivity (Wildman–Crippen MR) is 79.9 cm³/mol. The summed E-state index contributed by atoms with van der Waals surface area (Å²) in [6.07, 6.45) is 1.87. The Hall–Kier alpha value is -1.55. The molecular formula is C16H25NO3. The van der Waals surface area contributed by atoms with E-state index in [2.05, 4.69) is 0 Å². The van der Waals surface area contributed by atoms with Gasteiger partial charge in [-0.2, -0.15) is 0 Å². The zero-order valence-corrected chi connectivity index (χ0v) is 12.6. The summed E-state index contributed by atoms with van der Waals surface area (Å²) in [6, 6.07) is 7.72. The lowest BCUT2D eigenvalue weighted by molar-refractivity contribution is -0.149. The fourth-order valence-electron chi connectivity index (χ4n) is 2.53. The van der Waals surface area contributed by atoms with Crippen molar-refractivity contribution in [1.82, 2.24) is 0 Å². The molecule has 0 saturated carbocycles. The molecule has 1 rings (SSSR count). The Morgan fingerprint density at radius 3 is 2.35 bits per heavy atom. The number of carbonyl (C=O) groups is 1. The third-order valence-corrected chi connectivity index (χ3v) is 3.69. The van der Waals surface area contributed by atoms with E-state index in [0.717, 1.165) is 11.3 Å². The lowest BCUT2D eigenvalue weighted by Gasteiger charge is -2.29. The molecule has 0 radical (unpaired) electrons. The Kier molecular flexibility index (Phi) is 6.02. The Balaban J connectivity index is 2.77. The smallest absolute Gasteiger partial charge is 0.310 e. The first kappa shape index (κ1) is 16.5. The molecule has 1 aromatic rings. The molecule has 0 spiro atoms. The number of aliphatic carboxylic acids is 1. The number of rotatable bonds is 8. The van der Waals surface area contributed by atoms with Crippen LogP contribution >= 0.6 is 0 Å². The van der Waals surface area contributed by atoms with Gasteiger partial charge in [0.15, 0.2) is 0 Å². The highest BCUT2D eigenvalue weighted by atomic mass is 16.5. The van der Waals surface area contributed by atoms with Crippen LogP contribution in [0.2, 0.25) is 0 Å². The van der Waals surface area contributed by atoms with Gasteiger partial charge >= 0.3 is 5.97 Å². The third kappa shape index (κ3) is 4.23. The normalized spacial score (nSPS) is 14.1. The van der Waals surface area contributed by atoms with Gasteiger partial charge in [-0.3, -0.25) is 4.79 Å². The summed E-state index contributed by atoms with van der Waals surface area (Å²) in [5, 5.41) is 9.53. The maximum Gasteiger partial charge on any atom is 0.310 e. The summed E-state index contributed by atoms with van der Waals surface area (Å²) in [5.74, 6) is 0.326. The van der Waals surface area contributed by atoms with E-state index in [1.165, 1.54) is 0 Å². The fraction of sp³-hybridized carbons (Fsp3) is 0.562. The van der Waals surface area contributed by atoms with Crippen molar-refractivity contribution in [2.75, 3.05) is 13.7 Å². The summed E-state index contributed by atoms with van der Waals surface area (Å²) in [4.78, 5) is 11.6. The molecule has 0 aromatic heterocycles. The van der Waals surface area contributed by atoms with E-state index in [1.54, 1.807) is 7.11 Å². The maximum atomic E-state index is 11.6. The average Bonchev–Trinajstić information content (AvgIpc) is 2.43. The summed E-state index contributed by atoms with van der Waals surface area (Å²) >= 11 is 0. The molecule has 0 aliphatic carbocycles. The quantitative estimate of drug-likeness (QED) is 0.767. The number of hydrogen-bond acceptors (Lipinski definition) is 3. The van der Waals surface area contributed by atoms with Gasteiger partial charge in [0.2, 0.25) is 0 Å². The second kappa shape index (κ2) is 7.29. The summed E-state index contributed by atoms with van der Waals surface area (Å²) < 4.78 is 5.11. The van der Waals surface area contributed by atoms with E-state index >= 15 is 0 Å². The Labute approximate surface area is 120 Å². The lowest BCUT2D eigenvalue weighted by atomic mass is 9.76. The Morgan fingerprint density at radius 1 is 1.35 bits per heavy atom. The van der Waals surface area contributed by atoms with E-state index in [0.29, 0.717) is 25.2 Å². The van der Waals surface area contributed by atoms with Crippen LogP contribution in [-0.2, 0) is 11.2 Å². The summed E-state index contributed by atoms with van der Waals surface area (Å²) in [5.41, 5.74) is 6.05. The Morgan fingerprint density at radius 2 is 1.95 bits per heavy atom. The van der Waals surface area contributed by atoms with E-state index in [4.69, 9.17) is 10.5 Å². The average molecular weight is 279 g/mol. The van der Waals surface area contributed by atoms with E-state index < -0.39 is 11.4 Å². The van der Waals surface area contributed by atoms with Gasteiger partial charge in [-0.1, -0.05) is 26.0 Å². The van der Waals surface area contributed by atoms with E-state index in [1.807, 2.05) is 38.1 Å².